The first-order valence-electron chi connectivity index (χ1n) is 3.86. The van der Waals surface area contributed by atoms with Gasteiger partial charge in [0.2, 0.25) is 0 Å². The molecule has 0 saturated carbocycles. The van der Waals surface area contributed by atoms with Crippen LogP contribution >= 0.6 is 0 Å². The molecule has 1 nitrogen and oxygen atoms in total. The van der Waals surface area contributed by atoms with Crippen LogP contribution in [0.25, 0.3) is 11.3 Å². The molecule has 0 bridgehead atoms. The Morgan fingerprint density at radius 2 is 1.85 bits per heavy atom. The monoisotopic (exact) mass is 179 g/mol. The number of benzene rings is 1. The third-order valence-electron chi connectivity index (χ3n) is 1.83. The van der Waals surface area contributed by atoms with E-state index in [1.165, 1.54) is 12.1 Å². The topological polar surface area (TPSA) is 15.8 Å². The van der Waals surface area contributed by atoms with Crippen molar-refractivity contribution < 1.29 is 8.78 Å². The van der Waals surface area contributed by atoms with E-state index in [1.807, 2.05) is 0 Å². The van der Waals surface area contributed by atoms with Gasteiger partial charge < -0.3 is 4.98 Å². The maximum Gasteiger partial charge on any atom is 0.159 e. The van der Waals surface area contributed by atoms with E-state index in [0.29, 0.717) is 5.56 Å². The second-order valence-corrected chi connectivity index (χ2v) is 2.71. The first-order valence-corrected chi connectivity index (χ1v) is 3.86. The Kier molecular flexibility index (Phi) is 1.85. The lowest BCUT2D eigenvalue weighted by Gasteiger charge is -1.98. The highest BCUT2D eigenvalue weighted by molar-refractivity contribution is 5.59. The van der Waals surface area contributed by atoms with Crippen molar-refractivity contribution in [3.8, 4) is 11.3 Å². The van der Waals surface area contributed by atoms with Crippen LogP contribution in [0, 0.1) is 11.6 Å². The Balaban J connectivity index is 2.49. The van der Waals surface area contributed by atoms with Gasteiger partial charge in [-0.3, -0.25) is 0 Å². The quantitative estimate of drug-likeness (QED) is 0.692. The lowest BCUT2D eigenvalue weighted by atomic mass is 10.1. The van der Waals surface area contributed by atoms with Crippen molar-refractivity contribution in [2.75, 3.05) is 0 Å². The van der Waals surface area contributed by atoms with E-state index >= 15 is 0 Å². The molecule has 0 unspecified atom stereocenters. The molecule has 0 saturated heterocycles. The summed E-state index contributed by atoms with van der Waals surface area (Å²) < 4.78 is 25.3. The van der Waals surface area contributed by atoms with E-state index in [4.69, 9.17) is 0 Å². The molecule has 2 aromatic rings. The van der Waals surface area contributed by atoms with Crippen molar-refractivity contribution in [2.24, 2.45) is 0 Å². The van der Waals surface area contributed by atoms with Crippen molar-refractivity contribution in [3.63, 3.8) is 0 Å². The van der Waals surface area contributed by atoms with Gasteiger partial charge in [-0.1, -0.05) is 0 Å². The molecule has 0 atom stereocenters. The van der Waals surface area contributed by atoms with Gasteiger partial charge in [-0.2, -0.15) is 0 Å². The van der Waals surface area contributed by atoms with E-state index in [9.17, 15) is 8.78 Å². The number of nitrogens with one attached hydrogen (secondary N) is 1. The second-order valence-electron chi connectivity index (χ2n) is 2.71. The van der Waals surface area contributed by atoms with Crippen LogP contribution in [-0.2, 0) is 0 Å². The maximum atomic E-state index is 12.8. The molecule has 0 amide bonds. The molecule has 0 aliphatic rings. The standard InChI is InChI=1S/C10H7F2N/c11-8-4-3-7(6-9(8)12)10-2-1-5-13-10/h1-6,13H. The molecular weight excluding hydrogens is 172 g/mol. The van der Waals surface area contributed by atoms with Crippen LogP contribution in [0.3, 0.4) is 0 Å². The molecule has 3 heteroatoms. The molecule has 0 spiro atoms. The van der Waals surface area contributed by atoms with E-state index in [2.05, 4.69) is 4.98 Å². The number of halogens is 2. The Morgan fingerprint density at radius 3 is 2.46 bits per heavy atom. The zero-order valence-electron chi connectivity index (χ0n) is 6.72. The third kappa shape index (κ3) is 1.45. The van der Waals surface area contributed by atoms with Crippen molar-refractivity contribution in [2.45, 2.75) is 0 Å². The Hall–Kier alpha value is -1.64. The second kappa shape index (κ2) is 3.01. The highest BCUT2D eigenvalue weighted by Crippen LogP contribution is 2.19. The SMILES string of the molecule is Fc1ccc(-c2ccc[nH]2)cc1F. The molecule has 13 heavy (non-hydrogen) atoms. The number of hydrogen-bond donors (Lipinski definition) is 1. The van der Waals surface area contributed by atoms with Gasteiger partial charge in [-0.25, -0.2) is 8.78 Å². The van der Waals surface area contributed by atoms with Gasteiger partial charge in [0.25, 0.3) is 0 Å². The summed E-state index contributed by atoms with van der Waals surface area (Å²) in [5.41, 5.74) is 1.42. The number of rotatable bonds is 1. The number of H-pyrrole nitrogens is 1. The molecule has 2 rings (SSSR count). The van der Waals surface area contributed by atoms with Crippen molar-refractivity contribution >= 4 is 0 Å². The zero-order chi connectivity index (χ0) is 9.26. The summed E-state index contributed by atoms with van der Waals surface area (Å²) in [7, 11) is 0. The minimum absolute atomic E-state index is 0.643. The van der Waals surface area contributed by atoms with Gasteiger partial charge in [-0.15, -0.1) is 0 Å². The third-order valence-corrected chi connectivity index (χ3v) is 1.83. The lowest BCUT2D eigenvalue weighted by molar-refractivity contribution is 0.509. The minimum Gasteiger partial charge on any atom is -0.361 e. The molecule has 66 valence electrons. The smallest absolute Gasteiger partial charge is 0.159 e. The van der Waals surface area contributed by atoms with Gasteiger partial charge in [0, 0.05) is 17.5 Å². The first kappa shape index (κ1) is 7.98. The summed E-state index contributed by atoms with van der Waals surface area (Å²) in [4.78, 5) is 2.91. The summed E-state index contributed by atoms with van der Waals surface area (Å²) in [6.07, 6.45) is 1.73. The molecule has 1 N–H and O–H groups in total. The van der Waals surface area contributed by atoms with Crippen LogP contribution < -0.4 is 0 Å². The minimum atomic E-state index is -0.827. The fraction of sp³-hybridized carbons (Fsp3) is 0. The fourth-order valence-corrected chi connectivity index (χ4v) is 1.17. The van der Waals surface area contributed by atoms with Gasteiger partial charge in [0.1, 0.15) is 0 Å². The van der Waals surface area contributed by atoms with Gasteiger partial charge in [0.05, 0.1) is 0 Å². The fourth-order valence-electron chi connectivity index (χ4n) is 1.17. The van der Waals surface area contributed by atoms with Crippen molar-refractivity contribution in [1.82, 2.24) is 4.98 Å². The van der Waals surface area contributed by atoms with E-state index in [0.717, 1.165) is 11.8 Å². The average molecular weight is 179 g/mol. The summed E-state index contributed by atoms with van der Waals surface area (Å²) in [6, 6.07) is 7.42. The molecule has 1 aromatic heterocycles. The highest BCUT2D eigenvalue weighted by Gasteiger charge is 2.03. The van der Waals surface area contributed by atoms with Crippen LogP contribution in [0.4, 0.5) is 8.78 Å². The summed E-state index contributed by atoms with van der Waals surface area (Å²) >= 11 is 0. The summed E-state index contributed by atoms with van der Waals surface area (Å²) in [5, 5.41) is 0. The molecular formula is C10H7F2N. The molecule has 1 heterocycles. The van der Waals surface area contributed by atoms with E-state index < -0.39 is 11.6 Å². The number of aromatic nitrogens is 1. The number of aromatic amines is 1. The number of hydrogen-bond acceptors (Lipinski definition) is 0. The normalized spacial score (nSPS) is 10.3. The average Bonchev–Trinajstić information content (AvgIpc) is 2.62. The Morgan fingerprint density at radius 1 is 1.00 bits per heavy atom. The zero-order valence-corrected chi connectivity index (χ0v) is 6.72. The van der Waals surface area contributed by atoms with E-state index in [-0.39, 0.29) is 0 Å². The van der Waals surface area contributed by atoms with Crippen molar-refractivity contribution in [3.05, 3.63) is 48.2 Å². The summed E-state index contributed by atoms with van der Waals surface area (Å²) in [5.74, 6) is -1.65. The van der Waals surface area contributed by atoms with Crippen LogP contribution in [-0.4, -0.2) is 4.98 Å². The van der Waals surface area contributed by atoms with Gasteiger partial charge in [0.15, 0.2) is 11.6 Å². The predicted octanol–water partition coefficient (Wildman–Crippen LogP) is 2.96. The van der Waals surface area contributed by atoms with Crippen LogP contribution in [0.1, 0.15) is 0 Å². The maximum absolute atomic E-state index is 12.8. The lowest BCUT2D eigenvalue weighted by Crippen LogP contribution is -1.84. The van der Waals surface area contributed by atoms with E-state index in [1.54, 1.807) is 18.3 Å². The highest BCUT2D eigenvalue weighted by atomic mass is 19.2. The molecule has 0 fully saturated rings. The molecule has 1 aromatic carbocycles. The van der Waals surface area contributed by atoms with Gasteiger partial charge >= 0.3 is 0 Å². The van der Waals surface area contributed by atoms with Crippen LogP contribution in [0.15, 0.2) is 36.5 Å². The Bertz CT molecular complexity index is 407. The first-order chi connectivity index (χ1) is 6.27. The molecule has 0 radical (unpaired) electrons. The summed E-state index contributed by atoms with van der Waals surface area (Å²) in [6.45, 7) is 0. The van der Waals surface area contributed by atoms with Crippen molar-refractivity contribution in [1.29, 1.82) is 0 Å². The molecule has 0 aliphatic carbocycles. The van der Waals surface area contributed by atoms with Gasteiger partial charge in [-0.05, 0) is 30.3 Å². The largest absolute Gasteiger partial charge is 0.361 e. The molecule has 0 aliphatic heterocycles. The van der Waals surface area contributed by atoms with Crippen LogP contribution in [0.2, 0.25) is 0 Å². The Labute approximate surface area is 74.0 Å². The van der Waals surface area contributed by atoms with Crippen LogP contribution in [0.5, 0.6) is 0 Å². The predicted molar refractivity (Wildman–Crippen MR) is 46.1 cm³/mol.